The van der Waals surface area contributed by atoms with Gasteiger partial charge in [0.25, 0.3) is 0 Å². The minimum atomic E-state index is -0.450. The number of anilines is 1. The van der Waals surface area contributed by atoms with Crippen LogP contribution in [0.2, 0.25) is 0 Å². The molecule has 3 rings (SSSR count). The average Bonchev–Trinajstić information content (AvgIpc) is 2.54. The Hall–Kier alpha value is -2.13. The molecule has 3 heteroatoms. The summed E-state index contributed by atoms with van der Waals surface area (Å²) < 4.78 is 0. The van der Waals surface area contributed by atoms with Crippen molar-refractivity contribution < 1.29 is 4.79 Å². The fourth-order valence-electron chi connectivity index (χ4n) is 2.98. The van der Waals surface area contributed by atoms with Crippen LogP contribution in [0.1, 0.15) is 35.2 Å². The second-order valence-corrected chi connectivity index (χ2v) is 6.04. The highest BCUT2D eigenvalue weighted by atomic mass is 16.2. The molecule has 1 amide bonds. The number of carbonyl (C=O) groups is 1. The molecule has 0 spiro atoms. The smallest absolute Gasteiger partial charge is 0.247 e. The van der Waals surface area contributed by atoms with Crippen molar-refractivity contribution in [1.82, 2.24) is 0 Å². The molecule has 114 valence electrons. The Balaban J connectivity index is 1.95. The van der Waals surface area contributed by atoms with Gasteiger partial charge in [-0.15, -0.1) is 0 Å². The lowest BCUT2D eigenvalue weighted by atomic mass is 9.87. The van der Waals surface area contributed by atoms with Crippen LogP contribution in [0.5, 0.6) is 0 Å². The molecule has 0 aliphatic carbocycles. The van der Waals surface area contributed by atoms with Gasteiger partial charge in [0, 0.05) is 5.69 Å². The highest BCUT2D eigenvalue weighted by molar-refractivity contribution is 6.05. The Kier molecular flexibility index (Phi) is 3.75. The van der Waals surface area contributed by atoms with Crippen molar-refractivity contribution in [3.63, 3.8) is 0 Å². The lowest BCUT2D eigenvalue weighted by Gasteiger charge is -2.45. The molecule has 3 nitrogen and oxygen atoms in total. The van der Waals surface area contributed by atoms with Crippen molar-refractivity contribution in [2.75, 3.05) is 4.90 Å². The van der Waals surface area contributed by atoms with E-state index in [-0.39, 0.29) is 11.9 Å². The highest BCUT2D eigenvalue weighted by Crippen LogP contribution is 2.38. The quantitative estimate of drug-likeness (QED) is 0.883. The van der Waals surface area contributed by atoms with Crippen LogP contribution in [-0.4, -0.2) is 11.9 Å². The molecule has 2 atom stereocenters. The molecule has 0 bridgehead atoms. The maximum absolute atomic E-state index is 12.3. The molecule has 1 aliphatic heterocycles. The molecule has 2 aromatic rings. The maximum atomic E-state index is 12.3. The largest absolute Gasteiger partial charge is 0.318 e. The van der Waals surface area contributed by atoms with Crippen molar-refractivity contribution in [1.29, 1.82) is 0 Å². The summed E-state index contributed by atoms with van der Waals surface area (Å²) in [5.41, 5.74) is 11.8. The third-order valence-electron chi connectivity index (χ3n) is 4.64. The zero-order valence-electron chi connectivity index (χ0n) is 13.3. The number of hydrogen-bond acceptors (Lipinski definition) is 2. The average molecular weight is 294 g/mol. The van der Waals surface area contributed by atoms with Crippen molar-refractivity contribution in [3.05, 3.63) is 64.7 Å². The summed E-state index contributed by atoms with van der Waals surface area (Å²) in [7, 11) is 0. The van der Waals surface area contributed by atoms with Gasteiger partial charge in [0.2, 0.25) is 5.91 Å². The van der Waals surface area contributed by atoms with Crippen LogP contribution >= 0.6 is 0 Å². The third kappa shape index (κ3) is 2.32. The van der Waals surface area contributed by atoms with Crippen LogP contribution in [0.3, 0.4) is 0 Å². The minimum Gasteiger partial charge on any atom is -0.318 e. The first-order chi connectivity index (χ1) is 10.5. The summed E-state index contributed by atoms with van der Waals surface area (Å²) in [5.74, 6) is -0.00665. The van der Waals surface area contributed by atoms with E-state index in [0.717, 1.165) is 17.7 Å². The van der Waals surface area contributed by atoms with Gasteiger partial charge < -0.3 is 10.6 Å². The standard InChI is InChI=1S/C19H22N2O/c1-4-14-6-8-15(9-7-14)18-17(20)19(22)21(18)16-10-5-12(2)13(3)11-16/h5-11,17-18H,4,20H2,1-3H3/t17-,18-/m0/s1. The van der Waals surface area contributed by atoms with Crippen LogP contribution in [0.15, 0.2) is 42.5 Å². The summed E-state index contributed by atoms with van der Waals surface area (Å²) in [4.78, 5) is 14.1. The van der Waals surface area contributed by atoms with Crippen molar-refractivity contribution in [2.45, 2.75) is 39.3 Å². The van der Waals surface area contributed by atoms with Gasteiger partial charge >= 0.3 is 0 Å². The molecule has 2 N–H and O–H groups in total. The molecule has 0 saturated carbocycles. The van der Waals surface area contributed by atoms with Crippen molar-refractivity contribution in [2.24, 2.45) is 5.73 Å². The molecule has 0 radical (unpaired) electrons. The fraction of sp³-hybridized carbons (Fsp3) is 0.316. The predicted molar refractivity (Wildman–Crippen MR) is 89.9 cm³/mol. The van der Waals surface area contributed by atoms with E-state index in [0.29, 0.717) is 0 Å². The maximum Gasteiger partial charge on any atom is 0.247 e. The molecule has 2 aromatic carbocycles. The first-order valence-electron chi connectivity index (χ1n) is 7.77. The van der Waals surface area contributed by atoms with E-state index >= 15 is 0 Å². The molecule has 0 unspecified atom stereocenters. The van der Waals surface area contributed by atoms with Crippen LogP contribution in [-0.2, 0) is 11.2 Å². The zero-order chi connectivity index (χ0) is 15.9. The molecule has 22 heavy (non-hydrogen) atoms. The minimum absolute atomic E-state index is 0.00665. The van der Waals surface area contributed by atoms with Crippen LogP contribution < -0.4 is 10.6 Å². The molecular weight excluding hydrogens is 272 g/mol. The van der Waals surface area contributed by atoms with Gasteiger partial charge in [-0.05, 0) is 54.7 Å². The number of β-lactam (4-membered cyclic amide) rings is 1. The topological polar surface area (TPSA) is 46.3 Å². The lowest BCUT2D eigenvalue weighted by Crippen LogP contribution is -2.63. The van der Waals surface area contributed by atoms with Crippen molar-refractivity contribution in [3.8, 4) is 0 Å². The number of benzene rings is 2. The Morgan fingerprint density at radius 1 is 1.05 bits per heavy atom. The van der Waals surface area contributed by atoms with Gasteiger partial charge in [0.15, 0.2) is 0 Å². The van der Waals surface area contributed by atoms with Crippen LogP contribution in [0.4, 0.5) is 5.69 Å². The van der Waals surface area contributed by atoms with E-state index in [9.17, 15) is 4.79 Å². The van der Waals surface area contributed by atoms with E-state index in [1.165, 1.54) is 16.7 Å². The SMILES string of the molecule is CCc1ccc([C@H]2[C@H](N)C(=O)N2c2ccc(C)c(C)c2)cc1. The van der Waals surface area contributed by atoms with E-state index in [1.807, 2.05) is 11.0 Å². The van der Waals surface area contributed by atoms with Gasteiger partial charge in [0.1, 0.15) is 6.04 Å². The van der Waals surface area contributed by atoms with Gasteiger partial charge in [0.05, 0.1) is 6.04 Å². The third-order valence-corrected chi connectivity index (χ3v) is 4.64. The Morgan fingerprint density at radius 3 is 2.32 bits per heavy atom. The van der Waals surface area contributed by atoms with E-state index in [1.54, 1.807) is 0 Å². The van der Waals surface area contributed by atoms with Crippen LogP contribution in [0.25, 0.3) is 0 Å². The summed E-state index contributed by atoms with van der Waals surface area (Å²) in [6.45, 7) is 6.27. The number of hydrogen-bond donors (Lipinski definition) is 1. The van der Waals surface area contributed by atoms with E-state index < -0.39 is 6.04 Å². The Labute approximate surface area is 131 Å². The Bertz CT molecular complexity index is 706. The highest BCUT2D eigenvalue weighted by Gasteiger charge is 2.46. The summed E-state index contributed by atoms with van der Waals surface area (Å²) in [5, 5.41) is 0. The molecule has 1 aliphatic rings. The molecule has 0 aromatic heterocycles. The summed E-state index contributed by atoms with van der Waals surface area (Å²) in [6.07, 6.45) is 1.01. The number of nitrogens with two attached hydrogens (primary N) is 1. The van der Waals surface area contributed by atoms with Crippen LogP contribution in [0, 0.1) is 13.8 Å². The Morgan fingerprint density at radius 2 is 1.73 bits per heavy atom. The molecule has 1 heterocycles. The number of amides is 1. The fourth-order valence-corrected chi connectivity index (χ4v) is 2.98. The summed E-state index contributed by atoms with van der Waals surface area (Å²) in [6, 6.07) is 14.0. The number of rotatable bonds is 3. The zero-order valence-corrected chi connectivity index (χ0v) is 13.3. The van der Waals surface area contributed by atoms with E-state index in [2.05, 4.69) is 57.2 Å². The number of nitrogens with zero attached hydrogens (tertiary/aromatic N) is 1. The monoisotopic (exact) mass is 294 g/mol. The van der Waals surface area contributed by atoms with Crippen molar-refractivity contribution >= 4 is 11.6 Å². The normalized spacial score (nSPS) is 20.9. The molecule has 1 fully saturated rings. The predicted octanol–water partition coefficient (Wildman–Crippen LogP) is 3.28. The molecule has 1 saturated heterocycles. The molecular formula is C19H22N2O. The number of aryl methyl sites for hydroxylation is 3. The van der Waals surface area contributed by atoms with E-state index in [4.69, 9.17) is 5.73 Å². The van der Waals surface area contributed by atoms with Gasteiger partial charge in [-0.3, -0.25) is 4.79 Å². The summed E-state index contributed by atoms with van der Waals surface area (Å²) >= 11 is 0. The first-order valence-corrected chi connectivity index (χ1v) is 7.77. The first kappa shape index (κ1) is 14.8. The van der Waals surface area contributed by atoms with Gasteiger partial charge in [-0.1, -0.05) is 37.3 Å². The second-order valence-electron chi connectivity index (χ2n) is 6.04. The van der Waals surface area contributed by atoms with Gasteiger partial charge in [-0.25, -0.2) is 0 Å². The van der Waals surface area contributed by atoms with Gasteiger partial charge in [-0.2, -0.15) is 0 Å². The number of carbonyl (C=O) groups excluding carboxylic acids is 1. The lowest BCUT2D eigenvalue weighted by molar-refractivity contribution is -0.126. The second kappa shape index (κ2) is 5.58.